The SMILES string of the molecule is CC1(N)COC1C1CC(O)C(C2COCC2N)C1N. The quantitative estimate of drug-likeness (QED) is 0.480. The molecule has 3 fully saturated rings. The van der Waals surface area contributed by atoms with E-state index in [4.69, 9.17) is 26.7 Å². The van der Waals surface area contributed by atoms with E-state index in [0.29, 0.717) is 26.2 Å². The van der Waals surface area contributed by atoms with Crippen LogP contribution in [0.3, 0.4) is 0 Å². The van der Waals surface area contributed by atoms with Gasteiger partial charge in [-0.2, -0.15) is 0 Å². The molecule has 6 nitrogen and oxygen atoms in total. The highest BCUT2D eigenvalue weighted by atomic mass is 16.5. The van der Waals surface area contributed by atoms with Gasteiger partial charge in [0.15, 0.2) is 0 Å². The summed E-state index contributed by atoms with van der Waals surface area (Å²) in [6.45, 7) is 3.69. The van der Waals surface area contributed by atoms with Crippen molar-refractivity contribution in [1.29, 1.82) is 0 Å². The van der Waals surface area contributed by atoms with Crippen molar-refractivity contribution < 1.29 is 14.6 Å². The van der Waals surface area contributed by atoms with Crippen molar-refractivity contribution in [3.8, 4) is 0 Å². The van der Waals surface area contributed by atoms with E-state index in [1.807, 2.05) is 6.92 Å². The van der Waals surface area contributed by atoms with E-state index in [-0.39, 0.29) is 41.5 Å². The second-order valence-corrected chi connectivity index (χ2v) is 6.72. The largest absolute Gasteiger partial charge is 0.393 e. The van der Waals surface area contributed by atoms with Crippen molar-refractivity contribution in [2.24, 2.45) is 35.0 Å². The highest BCUT2D eigenvalue weighted by Gasteiger charge is 2.55. The monoisotopic (exact) mass is 271 g/mol. The Hall–Kier alpha value is -0.240. The van der Waals surface area contributed by atoms with Crippen molar-refractivity contribution >= 4 is 0 Å². The number of aliphatic hydroxyl groups excluding tert-OH is 1. The number of nitrogens with two attached hydrogens (primary N) is 3. The van der Waals surface area contributed by atoms with Gasteiger partial charge in [-0.15, -0.1) is 0 Å². The summed E-state index contributed by atoms with van der Waals surface area (Å²) in [5, 5.41) is 10.4. The minimum absolute atomic E-state index is 0.0116. The molecule has 3 aliphatic rings. The molecule has 0 amide bonds. The van der Waals surface area contributed by atoms with E-state index < -0.39 is 6.10 Å². The summed E-state index contributed by atoms with van der Waals surface area (Å²) in [4.78, 5) is 0. The lowest BCUT2D eigenvalue weighted by molar-refractivity contribution is -0.155. The van der Waals surface area contributed by atoms with Crippen LogP contribution < -0.4 is 17.2 Å². The second kappa shape index (κ2) is 4.65. The minimum atomic E-state index is -0.433. The molecule has 2 aliphatic heterocycles. The normalized spacial score (nSPS) is 58.3. The third kappa shape index (κ3) is 2.11. The van der Waals surface area contributed by atoms with Crippen LogP contribution in [0.15, 0.2) is 0 Å². The number of rotatable bonds is 2. The van der Waals surface area contributed by atoms with Crippen LogP contribution >= 0.6 is 0 Å². The van der Waals surface area contributed by atoms with Gasteiger partial charge in [-0.1, -0.05) is 0 Å². The topological polar surface area (TPSA) is 117 Å². The standard InChI is InChI=1S/C13H25N3O3/c1-13(16)5-19-12(13)6-2-9(17)10(11(6)15)7-3-18-4-8(7)14/h6-12,17H,2-5,14-16H2,1H3. The number of ether oxygens (including phenoxy) is 2. The Bertz CT molecular complexity index is 352. The van der Waals surface area contributed by atoms with Crippen molar-refractivity contribution in [2.45, 2.75) is 43.2 Å². The van der Waals surface area contributed by atoms with Crippen LogP contribution in [0.5, 0.6) is 0 Å². The molecule has 1 saturated carbocycles. The van der Waals surface area contributed by atoms with Gasteiger partial charge in [-0.3, -0.25) is 0 Å². The molecular weight excluding hydrogens is 246 g/mol. The van der Waals surface area contributed by atoms with Gasteiger partial charge in [0.2, 0.25) is 0 Å². The molecule has 19 heavy (non-hydrogen) atoms. The van der Waals surface area contributed by atoms with Gasteiger partial charge in [-0.05, 0) is 13.3 Å². The average Bonchev–Trinajstić information content (AvgIpc) is 2.84. The molecule has 1 aliphatic carbocycles. The van der Waals surface area contributed by atoms with Crippen LogP contribution in [0.4, 0.5) is 0 Å². The lowest BCUT2D eigenvalue weighted by atomic mass is 9.77. The van der Waals surface area contributed by atoms with E-state index in [0.717, 1.165) is 0 Å². The fourth-order valence-corrected chi connectivity index (χ4v) is 4.07. The zero-order chi connectivity index (χ0) is 13.8. The summed E-state index contributed by atoms with van der Waals surface area (Å²) in [6, 6.07) is -0.156. The first-order valence-electron chi connectivity index (χ1n) is 7.09. The first-order chi connectivity index (χ1) is 8.92. The summed E-state index contributed by atoms with van der Waals surface area (Å²) >= 11 is 0. The first-order valence-corrected chi connectivity index (χ1v) is 7.09. The third-order valence-corrected chi connectivity index (χ3v) is 5.17. The molecule has 0 aromatic rings. The Morgan fingerprint density at radius 3 is 2.42 bits per heavy atom. The molecule has 8 unspecified atom stereocenters. The molecule has 0 aromatic heterocycles. The van der Waals surface area contributed by atoms with Crippen LogP contribution in [-0.2, 0) is 9.47 Å². The number of hydrogen-bond acceptors (Lipinski definition) is 6. The highest BCUT2D eigenvalue weighted by Crippen LogP contribution is 2.44. The van der Waals surface area contributed by atoms with Crippen LogP contribution in [0.1, 0.15) is 13.3 Å². The summed E-state index contributed by atoms with van der Waals surface area (Å²) in [6.07, 6.45) is 0.158. The van der Waals surface area contributed by atoms with Gasteiger partial charge in [-0.25, -0.2) is 0 Å². The number of aliphatic hydroxyl groups is 1. The summed E-state index contributed by atoms with van der Waals surface area (Å²) in [7, 11) is 0. The Balaban J connectivity index is 1.74. The zero-order valence-corrected chi connectivity index (χ0v) is 11.4. The fourth-order valence-electron chi connectivity index (χ4n) is 4.07. The molecular formula is C13H25N3O3. The lowest BCUT2D eigenvalue weighted by Gasteiger charge is -2.48. The van der Waals surface area contributed by atoms with Gasteiger partial charge in [0, 0.05) is 29.8 Å². The molecule has 0 bridgehead atoms. The predicted molar refractivity (Wildman–Crippen MR) is 70.2 cm³/mol. The van der Waals surface area contributed by atoms with Crippen molar-refractivity contribution in [2.75, 3.05) is 19.8 Å². The maximum Gasteiger partial charge on any atom is 0.0819 e. The van der Waals surface area contributed by atoms with E-state index in [1.165, 1.54) is 0 Å². The molecule has 8 atom stereocenters. The van der Waals surface area contributed by atoms with Crippen molar-refractivity contribution in [1.82, 2.24) is 0 Å². The molecule has 110 valence electrons. The van der Waals surface area contributed by atoms with Gasteiger partial charge in [0.05, 0.1) is 37.6 Å². The highest BCUT2D eigenvalue weighted by molar-refractivity contribution is 5.09. The van der Waals surface area contributed by atoms with Gasteiger partial charge in [0.1, 0.15) is 0 Å². The molecule has 6 heteroatoms. The van der Waals surface area contributed by atoms with Crippen molar-refractivity contribution in [3.05, 3.63) is 0 Å². The molecule has 0 spiro atoms. The first kappa shape index (κ1) is 13.7. The van der Waals surface area contributed by atoms with E-state index >= 15 is 0 Å². The Kier molecular flexibility index (Phi) is 3.36. The van der Waals surface area contributed by atoms with E-state index in [9.17, 15) is 5.11 Å². The molecule has 0 radical (unpaired) electrons. The lowest BCUT2D eigenvalue weighted by Crippen LogP contribution is -2.67. The zero-order valence-electron chi connectivity index (χ0n) is 11.4. The van der Waals surface area contributed by atoms with Gasteiger partial charge < -0.3 is 31.8 Å². The summed E-state index contributed by atoms with van der Waals surface area (Å²) < 4.78 is 11.0. The second-order valence-electron chi connectivity index (χ2n) is 6.72. The van der Waals surface area contributed by atoms with E-state index in [1.54, 1.807) is 0 Å². The van der Waals surface area contributed by atoms with Crippen LogP contribution in [0.2, 0.25) is 0 Å². The maximum absolute atomic E-state index is 10.4. The summed E-state index contributed by atoms with van der Waals surface area (Å²) in [5.41, 5.74) is 18.3. The molecule has 0 aromatic carbocycles. The maximum atomic E-state index is 10.4. The molecule has 3 rings (SSSR count). The van der Waals surface area contributed by atoms with Crippen molar-refractivity contribution in [3.63, 3.8) is 0 Å². The molecule has 2 heterocycles. The smallest absolute Gasteiger partial charge is 0.0819 e. The minimum Gasteiger partial charge on any atom is -0.393 e. The molecule has 7 N–H and O–H groups in total. The third-order valence-electron chi connectivity index (χ3n) is 5.17. The fraction of sp³-hybridized carbons (Fsp3) is 1.00. The predicted octanol–water partition coefficient (Wildman–Crippen LogP) is -1.60. The Morgan fingerprint density at radius 2 is 1.95 bits per heavy atom. The van der Waals surface area contributed by atoms with Gasteiger partial charge in [0.25, 0.3) is 0 Å². The Morgan fingerprint density at radius 1 is 1.21 bits per heavy atom. The average molecular weight is 271 g/mol. The van der Waals surface area contributed by atoms with E-state index in [2.05, 4.69) is 0 Å². The number of hydrogen-bond donors (Lipinski definition) is 4. The van der Waals surface area contributed by atoms with Crippen LogP contribution in [-0.4, -0.2) is 54.8 Å². The van der Waals surface area contributed by atoms with Crippen LogP contribution in [0.25, 0.3) is 0 Å². The van der Waals surface area contributed by atoms with Gasteiger partial charge >= 0.3 is 0 Å². The summed E-state index contributed by atoms with van der Waals surface area (Å²) in [5.74, 6) is 0.234. The molecule has 2 saturated heterocycles. The van der Waals surface area contributed by atoms with Crippen LogP contribution in [0, 0.1) is 17.8 Å². The Labute approximate surface area is 113 Å².